The number of benzene rings is 3. The van der Waals surface area contributed by atoms with Crippen molar-refractivity contribution in [3.05, 3.63) is 83.9 Å². The maximum Gasteiger partial charge on any atom is 0.261 e. The van der Waals surface area contributed by atoms with Crippen LogP contribution in [0.5, 0.6) is 11.5 Å². The van der Waals surface area contributed by atoms with Gasteiger partial charge in [0.2, 0.25) is 0 Å². The van der Waals surface area contributed by atoms with Crippen LogP contribution in [0, 0.1) is 0 Å². The molecule has 3 rings (SSSR count). The Morgan fingerprint density at radius 1 is 0.857 bits per heavy atom. The van der Waals surface area contributed by atoms with Crippen LogP contribution < -0.4 is 20.1 Å². The number of aromatic hydroxyl groups is 1. The molecule has 0 atom stereocenters. The fourth-order valence-corrected chi connectivity index (χ4v) is 4.21. The summed E-state index contributed by atoms with van der Waals surface area (Å²) in [5.41, 5.74) is 0.893. The van der Waals surface area contributed by atoms with E-state index in [0.717, 1.165) is 0 Å². The molecule has 4 N–H and O–H groups in total. The minimum Gasteiger partial charge on any atom is -0.508 e. The van der Waals surface area contributed by atoms with Gasteiger partial charge in [-0.15, -0.1) is 0 Å². The maximum absolute atomic E-state index is 12.7. The molecule has 0 aliphatic carbocycles. The number of rotatable bonds is 11. The highest BCUT2D eigenvalue weighted by Crippen LogP contribution is 2.20. The first-order chi connectivity index (χ1) is 16.8. The van der Waals surface area contributed by atoms with E-state index in [1.807, 2.05) is 6.92 Å². The van der Waals surface area contributed by atoms with E-state index in [4.69, 9.17) is 4.74 Å². The molecule has 0 fully saturated rings. The van der Waals surface area contributed by atoms with E-state index in [1.165, 1.54) is 30.3 Å². The third-order valence-corrected chi connectivity index (χ3v) is 6.25. The molecule has 0 bridgehead atoms. The second-order valence-electron chi connectivity index (χ2n) is 7.51. The summed E-state index contributed by atoms with van der Waals surface area (Å²) in [6.07, 6.45) is 0.486. The minimum absolute atomic E-state index is 0.00825. The average molecular weight is 498 g/mol. The predicted octanol–water partition coefficient (Wildman–Crippen LogP) is 3.14. The molecule has 0 radical (unpaired) electrons. The number of sulfonamides is 1. The molecule has 0 saturated heterocycles. The monoisotopic (exact) mass is 497 g/mol. The molecule has 0 heterocycles. The lowest BCUT2D eigenvalue weighted by Crippen LogP contribution is -2.30. The molecule has 0 unspecified atom stereocenters. The fraction of sp³-hybridized carbons (Fsp3) is 0.200. The van der Waals surface area contributed by atoms with E-state index in [0.29, 0.717) is 43.0 Å². The van der Waals surface area contributed by atoms with Crippen LogP contribution in [0.2, 0.25) is 0 Å². The highest BCUT2D eigenvalue weighted by atomic mass is 32.2. The van der Waals surface area contributed by atoms with Gasteiger partial charge in [-0.1, -0.05) is 12.1 Å². The summed E-state index contributed by atoms with van der Waals surface area (Å²) in [5.74, 6) is -0.107. The van der Waals surface area contributed by atoms with Crippen molar-refractivity contribution in [1.29, 1.82) is 0 Å². The molecule has 3 aromatic carbocycles. The van der Waals surface area contributed by atoms with Gasteiger partial charge in [-0.3, -0.25) is 14.3 Å². The predicted molar refractivity (Wildman–Crippen MR) is 132 cm³/mol. The molecule has 9 nitrogen and oxygen atoms in total. The van der Waals surface area contributed by atoms with E-state index in [-0.39, 0.29) is 28.1 Å². The Bertz CT molecular complexity index is 1280. The SMILES string of the molecule is CCOc1ccc(S(=O)(=O)Nc2cccc(C(=O)NCCCNC(=O)c3cccc(O)c3)c2)cc1. The number of hydrogen-bond donors (Lipinski definition) is 4. The first-order valence-corrected chi connectivity index (χ1v) is 12.5. The largest absolute Gasteiger partial charge is 0.508 e. The quantitative estimate of drug-likeness (QED) is 0.301. The van der Waals surface area contributed by atoms with Crippen LogP contribution in [0.3, 0.4) is 0 Å². The van der Waals surface area contributed by atoms with Crippen molar-refractivity contribution in [1.82, 2.24) is 10.6 Å². The smallest absolute Gasteiger partial charge is 0.261 e. The van der Waals surface area contributed by atoms with Gasteiger partial charge in [0, 0.05) is 29.9 Å². The highest BCUT2D eigenvalue weighted by Gasteiger charge is 2.15. The average Bonchev–Trinajstić information content (AvgIpc) is 2.84. The van der Waals surface area contributed by atoms with Crippen LogP contribution in [0.15, 0.2) is 77.7 Å². The maximum atomic E-state index is 12.7. The third-order valence-electron chi connectivity index (χ3n) is 4.86. The highest BCUT2D eigenvalue weighted by molar-refractivity contribution is 7.92. The van der Waals surface area contributed by atoms with Gasteiger partial charge in [-0.25, -0.2) is 8.42 Å². The number of phenolic OH excluding ortho intramolecular Hbond substituents is 1. The van der Waals surface area contributed by atoms with Crippen LogP contribution in [0.1, 0.15) is 34.1 Å². The number of anilines is 1. The zero-order valence-corrected chi connectivity index (χ0v) is 20.0. The zero-order chi connectivity index (χ0) is 25.3. The Labute approximate surface area is 204 Å². The number of ether oxygens (including phenoxy) is 1. The molecule has 0 aliphatic rings. The molecular formula is C25H27N3O6S. The fourth-order valence-electron chi connectivity index (χ4n) is 3.16. The van der Waals surface area contributed by atoms with Crippen molar-refractivity contribution in [2.45, 2.75) is 18.2 Å². The van der Waals surface area contributed by atoms with E-state index < -0.39 is 10.0 Å². The van der Waals surface area contributed by atoms with Crippen molar-refractivity contribution in [3.8, 4) is 11.5 Å². The summed E-state index contributed by atoms with van der Waals surface area (Å²) in [4.78, 5) is 24.6. The molecule has 184 valence electrons. The Kier molecular flexibility index (Phi) is 8.69. The first-order valence-electron chi connectivity index (χ1n) is 11.0. The summed E-state index contributed by atoms with van der Waals surface area (Å²) >= 11 is 0. The van der Waals surface area contributed by atoms with Crippen LogP contribution in [-0.2, 0) is 10.0 Å². The second kappa shape index (κ2) is 11.9. The van der Waals surface area contributed by atoms with Crippen molar-refractivity contribution in [3.63, 3.8) is 0 Å². The Morgan fingerprint density at radius 3 is 2.06 bits per heavy atom. The summed E-state index contributed by atoms with van der Waals surface area (Å²) < 4.78 is 33.1. The summed E-state index contributed by atoms with van der Waals surface area (Å²) in [7, 11) is -3.84. The normalized spacial score (nSPS) is 10.9. The number of hydrogen-bond acceptors (Lipinski definition) is 6. The second-order valence-corrected chi connectivity index (χ2v) is 9.19. The summed E-state index contributed by atoms with van der Waals surface area (Å²) in [5, 5.41) is 14.9. The van der Waals surface area contributed by atoms with Gasteiger partial charge in [0.05, 0.1) is 11.5 Å². The standard InChI is InChI=1S/C25H27N3O6S/c1-2-34-22-10-12-23(13-11-22)35(32,33)28-20-8-3-6-18(16-20)24(30)26-14-5-15-27-25(31)19-7-4-9-21(29)17-19/h3-4,6-13,16-17,28-29H,2,5,14-15H2,1H3,(H,26,30)(H,27,31). The van der Waals surface area contributed by atoms with Gasteiger partial charge >= 0.3 is 0 Å². The zero-order valence-electron chi connectivity index (χ0n) is 19.2. The van der Waals surface area contributed by atoms with E-state index in [2.05, 4.69) is 15.4 Å². The van der Waals surface area contributed by atoms with Crippen LogP contribution >= 0.6 is 0 Å². The van der Waals surface area contributed by atoms with Gasteiger partial charge in [-0.05, 0) is 74.0 Å². The van der Waals surface area contributed by atoms with E-state index >= 15 is 0 Å². The molecule has 0 aromatic heterocycles. The number of amides is 2. The van der Waals surface area contributed by atoms with Crippen LogP contribution in [-0.4, -0.2) is 45.0 Å². The van der Waals surface area contributed by atoms with Gasteiger partial charge in [0.15, 0.2) is 0 Å². The third kappa shape index (κ3) is 7.47. The molecule has 2 amide bonds. The van der Waals surface area contributed by atoms with Gasteiger partial charge in [0.1, 0.15) is 11.5 Å². The van der Waals surface area contributed by atoms with Gasteiger partial charge in [-0.2, -0.15) is 0 Å². The van der Waals surface area contributed by atoms with Gasteiger partial charge in [0.25, 0.3) is 21.8 Å². The van der Waals surface area contributed by atoms with E-state index in [9.17, 15) is 23.1 Å². The Morgan fingerprint density at radius 2 is 1.46 bits per heavy atom. The molecular weight excluding hydrogens is 470 g/mol. The topological polar surface area (TPSA) is 134 Å². The number of nitrogens with one attached hydrogen (secondary N) is 3. The summed E-state index contributed by atoms with van der Waals surface area (Å²) in [6, 6.07) is 18.2. The Hall–Kier alpha value is -4.05. The number of phenols is 1. The summed E-state index contributed by atoms with van der Waals surface area (Å²) in [6.45, 7) is 2.96. The molecule has 0 aliphatic heterocycles. The van der Waals surface area contributed by atoms with E-state index in [1.54, 1.807) is 42.5 Å². The first kappa shape index (κ1) is 25.6. The number of carbonyl (C=O) groups excluding carboxylic acids is 2. The van der Waals surface area contributed by atoms with Crippen molar-refractivity contribution in [2.24, 2.45) is 0 Å². The minimum atomic E-state index is -3.84. The van der Waals surface area contributed by atoms with Crippen LogP contribution in [0.25, 0.3) is 0 Å². The molecule has 3 aromatic rings. The molecule has 0 spiro atoms. The lowest BCUT2D eigenvalue weighted by atomic mass is 10.2. The number of carbonyl (C=O) groups is 2. The van der Waals surface area contributed by atoms with Crippen molar-refractivity contribution < 1.29 is 27.9 Å². The lowest BCUT2D eigenvalue weighted by Gasteiger charge is -2.11. The van der Waals surface area contributed by atoms with Crippen LogP contribution in [0.4, 0.5) is 5.69 Å². The molecule has 35 heavy (non-hydrogen) atoms. The van der Waals surface area contributed by atoms with Crippen molar-refractivity contribution >= 4 is 27.5 Å². The van der Waals surface area contributed by atoms with Gasteiger partial charge < -0.3 is 20.5 Å². The molecule has 0 saturated carbocycles. The molecule has 10 heteroatoms. The Balaban J connectivity index is 1.49. The van der Waals surface area contributed by atoms with Crippen molar-refractivity contribution in [2.75, 3.05) is 24.4 Å². The lowest BCUT2D eigenvalue weighted by molar-refractivity contribution is 0.0951.